The zero-order chi connectivity index (χ0) is 20.2. The topological polar surface area (TPSA) is 98.7 Å². The van der Waals surface area contributed by atoms with E-state index in [0.29, 0.717) is 11.8 Å². The second-order valence-corrected chi connectivity index (χ2v) is 8.42. The molecule has 1 aliphatic carbocycles. The summed E-state index contributed by atoms with van der Waals surface area (Å²) in [4.78, 5) is 25.8. The van der Waals surface area contributed by atoms with Crippen LogP contribution in [0.25, 0.3) is 0 Å². The standard InChI is InChI=1S/C22H23N3O4.2ClH/c23-18-12-21-17(11-19(18)25(27)28)20(26)13-22(29-21)5-7-24(8-6-22)16-9-14-3-1-2-4-15(14)10-16;;/h1-4,11-12,16H,5-10,13,23H2;2*1H. The lowest BCUT2D eigenvalue weighted by Gasteiger charge is -2.45. The summed E-state index contributed by atoms with van der Waals surface area (Å²) in [5.41, 5.74) is 8.21. The summed E-state index contributed by atoms with van der Waals surface area (Å²) in [6.07, 6.45) is 3.95. The first kappa shape index (κ1) is 23.3. The van der Waals surface area contributed by atoms with Crippen molar-refractivity contribution < 1.29 is 14.5 Å². The maximum atomic E-state index is 12.8. The number of ketones is 1. The first-order valence-corrected chi connectivity index (χ1v) is 10.1. The van der Waals surface area contributed by atoms with E-state index in [1.165, 1.54) is 23.3 Å². The minimum Gasteiger partial charge on any atom is -0.486 e. The predicted octanol–water partition coefficient (Wildman–Crippen LogP) is 3.99. The number of nitrogens with zero attached hydrogens (tertiary/aromatic N) is 2. The van der Waals surface area contributed by atoms with E-state index in [2.05, 4.69) is 29.2 Å². The average molecular weight is 466 g/mol. The molecule has 2 aromatic carbocycles. The zero-order valence-electron chi connectivity index (χ0n) is 16.9. The van der Waals surface area contributed by atoms with Gasteiger partial charge in [-0.2, -0.15) is 0 Å². The molecule has 1 saturated heterocycles. The van der Waals surface area contributed by atoms with Crippen molar-refractivity contribution in [2.75, 3.05) is 18.8 Å². The number of nitrogen functional groups attached to an aromatic ring is 1. The van der Waals surface area contributed by atoms with E-state index >= 15 is 0 Å². The SMILES string of the molecule is Cl.Cl.Nc1cc2c(cc1[N+](=O)[O-])C(=O)CC1(CCN(C3Cc4ccccc4C3)CC1)O2. The molecule has 0 amide bonds. The molecule has 0 radical (unpaired) electrons. The van der Waals surface area contributed by atoms with Crippen molar-refractivity contribution in [1.29, 1.82) is 0 Å². The van der Waals surface area contributed by atoms with Gasteiger partial charge in [-0.3, -0.25) is 19.8 Å². The van der Waals surface area contributed by atoms with Crippen molar-refractivity contribution in [2.24, 2.45) is 0 Å². The number of nitro benzene ring substituents is 1. The Morgan fingerprint density at radius 3 is 2.29 bits per heavy atom. The molecule has 31 heavy (non-hydrogen) atoms. The van der Waals surface area contributed by atoms with Gasteiger partial charge in [0.15, 0.2) is 5.78 Å². The largest absolute Gasteiger partial charge is 0.486 e. The van der Waals surface area contributed by atoms with Crippen molar-refractivity contribution in [2.45, 2.75) is 43.7 Å². The average Bonchev–Trinajstić information content (AvgIpc) is 3.12. The number of hydrogen-bond donors (Lipinski definition) is 1. The van der Waals surface area contributed by atoms with Gasteiger partial charge in [0.2, 0.25) is 0 Å². The van der Waals surface area contributed by atoms with Gasteiger partial charge < -0.3 is 10.5 Å². The number of ether oxygens (including phenoxy) is 1. The van der Waals surface area contributed by atoms with E-state index in [9.17, 15) is 14.9 Å². The molecule has 1 fully saturated rings. The Morgan fingerprint density at radius 2 is 1.71 bits per heavy atom. The van der Waals surface area contributed by atoms with E-state index in [-0.39, 0.29) is 54.0 Å². The van der Waals surface area contributed by atoms with E-state index in [1.54, 1.807) is 0 Å². The fraction of sp³-hybridized carbons (Fsp3) is 0.409. The van der Waals surface area contributed by atoms with Crippen molar-refractivity contribution in [1.82, 2.24) is 4.90 Å². The third kappa shape index (κ3) is 4.10. The van der Waals surface area contributed by atoms with Crippen LogP contribution >= 0.6 is 24.8 Å². The lowest BCUT2D eigenvalue weighted by atomic mass is 9.82. The molecule has 0 bridgehead atoms. The molecule has 1 spiro atoms. The number of nitro groups is 1. The van der Waals surface area contributed by atoms with Crippen molar-refractivity contribution in [3.8, 4) is 5.75 Å². The highest BCUT2D eigenvalue weighted by molar-refractivity contribution is 6.01. The van der Waals surface area contributed by atoms with Gasteiger partial charge in [0.1, 0.15) is 17.0 Å². The molecule has 166 valence electrons. The maximum absolute atomic E-state index is 12.8. The maximum Gasteiger partial charge on any atom is 0.293 e. The van der Waals surface area contributed by atoms with Crippen LogP contribution in [0.3, 0.4) is 0 Å². The molecule has 2 aromatic rings. The van der Waals surface area contributed by atoms with Crippen molar-refractivity contribution >= 4 is 42.0 Å². The Bertz CT molecular complexity index is 997. The summed E-state index contributed by atoms with van der Waals surface area (Å²) in [6.45, 7) is 1.76. The van der Waals surface area contributed by atoms with Gasteiger partial charge in [-0.05, 0) is 24.0 Å². The quantitative estimate of drug-likeness (QED) is 0.408. The monoisotopic (exact) mass is 465 g/mol. The fourth-order valence-electron chi connectivity index (χ4n) is 5.07. The van der Waals surface area contributed by atoms with Crippen LogP contribution < -0.4 is 10.5 Å². The van der Waals surface area contributed by atoms with Crippen molar-refractivity contribution in [3.05, 3.63) is 63.2 Å². The normalized spacial score (nSPS) is 19.5. The molecule has 7 nitrogen and oxygen atoms in total. The Kier molecular flexibility index (Phi) is 6.51. The number of hydrogen-bond acceptors (Lipinski definition) is 6. The molecule has 3 aliphatic rings. The zero-order valence-corrected chi connectivity index (χ0v) is 18.5. The smallest absolute Gasteiger partial charge is 0.293 e. The Morgan fingerprint density at radius 1 is 1.10 bits per heavy atom. The van der Waals surface area contributed by atoms with E-state index in [0.717, 1.165) is 38.8 Å². The summed E-state index contributed by atoms with van der Waals surface area (Å²) in [6, 6.07) is 11.8. The van der Waals surface area contributed by atoms with Crippen LogP contribution in [-0.4, -0.2) is 40.3 Å². The third-order valence-electron chi connectivity index (χ3n) is 6.69. The van der Waals surface area contributed by atoms with Gasteiger partial charge in [-0.1, -0.05) is 24.3 Å². The predicted molar refractivity (Wildman–Crippen MR) is 123 cm³/mol. The van der Waals surface area contributed by atoms with Gasteiger partial charge in [0.05, 0.1) is 16.9 Å². The first-order chi connectivity index (χ1) is 13.9. The van der Waals surface area contributed by atoms with E-state index in [4.69, 9.17) is 10.5 Å². The van der Waals surface area contributed by atoms with Gasteiger partial charge in [0.25, 0.3) is 5.69 Å². The number of likely N-dealkylation sites (tertiary alicyclic amines) is 1. The number of piperidine rings is 1. The Balaban J connectivity index is 0.00000136. The van der Waals surface area contributed by atoms with Crippen LogP contribution in [0.4, 0.5) is 11.4 Å². The number of fused-ring (bicyclic) bond motifs is 2. The molecule has 0 aromatic heterocycles. The van der Waals surface area contributed by atoms with Gasteiger partial charge in [0, 0.05) is 44.1 Å². The summed E-state index contributed by atoms with van der Waals surface area (Å²) in [7, 11) is 0. The number of Topliss-reactive ketones (excluding diaryl/α,β-unsaturated/α-hetero) is 1. The second kappa shape index (κ2) is 8.65. The fourth-order valence-corrected chi connectivity index (χ4v) is 5.07. The second-order valence-electron chi connectivity index (χ2n) is 8.42. The van der Waals surface area contributed by atoms with Crippen LogP contribution in [0.2, 0.25) is 0 Å². The number of carbonyl (C=O) groups excluding carboxylic acids is 1. The van der Waals surface area contributed by atoms with E-state index < -0.39 is 10.5 Å². The van der Waals surface area contributed by atoms with Gasteiger partial charge >= 0.3 is 0 Å². The number of halogens is 2. The van der Waals surface area contributed by atoms with Crippen LogP contribution in [0.1, 0.15) is 40.7 Å². The van der Waals surface area contributed by atoms with E-state index in [1.807, 2.05) is 0 Å². The molecule has 2 heterocycles. The Hall–Kier alpha value is -2.35. The molecule has 2 N–H and O–H groups in total. The molecular formula is C22H25Cl2N3O4. The molecule has 0 unspecified atom stereocenters. The van der Waals surface area contributed by atoms with Crippen LogP contribution in [-0.2, 0) is 12.8 Å². The number of benzene rings is 2. The van der Waals surface area contributed by atoms with Crippen LogP contribution in [0, 0.1) is 10.1 Å². The van der Waals surface area contributed by atoms with Gasteiger partial charge in [-0.15, -0.1) is 24.8 Å². The molecule has 2 aliphatic heterocycles. The lowest BCUT2D eigenvalue weighted by molar-refractivity contribution is -0.384. The molecular weight excluding hydrogens is 441 g/mol. The number of carbonyl (C=O) groups is 1. The van der Waals surface area contributed by atoms with Crippen LogP contribution in [0.5, 0.6) is 5.75 Å². The molecule has 5 rings (SSSR count). The minimum absolute atomic E-state index is 0. The lowest BCUT2D eigenvalue weighted by Crippen LogP contribution is -2.53. The highest BCUT2D eigenvalue weighted by Crippen LogP contribution is 2.43. The summed E-state index contributed by atoms with van der Waals surface area (Å²) in [5, 5.41) is 11.1. The number of nitrogens with two attached hydrogens (primary N) is 1. The minimum atomic E-state index is -0.564. The summed E-state index contributed by atoms with van der Waals surface area (Å²) >= 11 is 0. The van der Waals surface area contributed by atoms with Crippen molar-refractivity contribution in [3.63, 3.8) is 0 Å². The molecule has 0 saturated carbocycles. The number of anilines is 1. The van der Waals surface area contributed by atoms with Crippen LogP contribution in [0.15, 0.2) is 36.4 Å². The third-order valence-corrected chi connectivity index (χ3v) is 6.69. The molecule has 9 heteroatoms. The van der Waals surface area contributed by atoms with Gasteiger partial charge in [-0.25, -0.2) is 0 Å². The highest BCUT2D eigenvalue weighted by Gasteiger charge is 2.45. The number of rotatable bonds is 2. The Labute approximate surface area is 192 Å². The first-order valence-electron chi connectivity index (χ1n) is 10.1. The molecule has 0 atom stereocenters. The summed E-state index contributed by atoms with van der Waals surface area (Å²) < 4.78 is 6.27. The summed E-state index contributed by atoms with van der Waals surface area (Å²) in [5.74, 6) is 0.280. The highest BCUT2D eigenvalue weighted by atomic mass is 35.5.